The third-order valence-corrected chi connectivity index (χ3v) is 6.83. The zero-order valence-corrected chi connectivity index (χ0v) is 19.3. The molecule has 0 aliphatic carbocycles. The van der Waals surface area contributed by atoms with Gasteiger partial charge < -0.3 is 20.0 Å². The molecule has 33 heavy (non-hydrogen) atoms. The molecule has 12 heteroatoms. The summed E-state index contributed by atoms with van der Waals surface area (Å²) in [6.45, 7) is 6.58. The summed E-state index contributed by atoms with van der Waals surface area (Å²) in [4.78, 5) is 43.2. The van der Waals surface area contributed by atoms with E-state index in [4.69, 9.17) is 0 Å². The molecule has 0 atom stereocenters. The molecule has 4 rings (SSSR count). The van der Waals surface area contributed by atoms with Crippen LogP contribution in [0.2, 0.25) is 0 Å². The number of hydrogen-bond acceptors (Lipinski definition) is 9. The molecule has 176 valence electrons. The minimum Gasteiger partial charge on any atom is -0.364 e. The van der Waals surface area contributed by atoms with E-state index in [2.05, 4.69) is 14.9 Å². The van der Waals surface area contributed by atoms with E-state index in [1.54, 1.807) is 28.9 Å². The first kappa shape index (κ1) is 23.1. The van der Waals surface area contributed by atoms with Gasteiger partial charge in [0.1, 0.15) is 10.6 Å². The quantitative estimate of drug-likeness (QED) is 0.524. The van der Waals surface area contributed by atoms with Crippen LogP contribution in [-0.2, 0) is 0 Å². The number of amides is 2. The van der Waals surface area contributed by atoms with Crippen LogP contribution in [0.4, 0.5) is 11.4 Å². The molecule has 0 bridgehead atoms. The molecule has 0 saturated carbocycles. The number of benzene rings is 1. The van der Waals surface area contributed by atoms with Gasteiger partial charge in [-0.3, -0.25) is 19.7 Å². The highest BCUT2D eigenvalue weighted by atomic mass is 32.1. The summed E-state index contributed by atoms with van der Waals surface area (Å²) in [5, 5.41) is 19.1. The number of nitro groups is 1. The largest absolute Gasteiger partial charge is 0.364 e. The predicted octanol–water partition coefficient (Wildman–Crippen LogP) is 1.54. The number of hydrogen-bond donors (Lipinski definition) is 1. The van der Waals surface area contributed by atoms with Crippen LogP contribution in [0.5, 0.6) is 0 Å². The topological polar surface area (TPSA) is 125 Å². The van der Waals surface area contributed by atoms with Crippen molar-refractivity contribution in [2.75, 3.05) is 57.3 Å². The van der Waals surface area contributed by atoms with Crippen molar-refractivity contribution in [1.82, 2.24) is 24.7 Å². The molecule has 0 spiro atoms. The fourth-order valence-corrected chi connectivity index (χ4v) is 4.86. The minimum atomic E-state index is -0.434. The van der Waals surface area contributed by atoms with E-state index >= 15 is 0 Å². The maximum atomic E-state index is 12.9. The number of rotatable bonds is 4. The Balaban J connectivity index is 1.51. The number of aryl methyl sites for hydroxylation is 1. The summed E-state index contributed by atoms with van der Waals surface area (Å²) >= 11 is 1.08. The first-order valence-electron chi connectivity index (χ1n) is 11.1. The second-order valence-electron chi connectivity index (χ2n) is 8.18. The highest BCUT2D eigenvalue weighted by Gasteiger charge is 2.28. The Kier molecular flexibility index (Phi) is 7.14. The maximum absolute atomic E-state index is 12.9. The van der Waals surface area contributed by atoms with E-state index in [-0.39, 0.29) is 17.5 Å². The highest BCUT2D eigenvalue weighted by Crippen LogP contribution is 2.31. The van der Waals surface area contributed by atoms with Gasteiger partial charge in [-0.25, -0.2) is 0 Å². The van der Waals surface area contributed by atoms with E-state index in [1.165, 1.54) is 6.07 Å². The molecule has 0 radical (unpaired) electrons. The third-order valence-electron chi connectivity index (χ3n) is 6.02. The third kappa shape index (κ3) is 5.11. The summed E-state index contributed by atoms with van der Waals surface area (Å²) in [6, 6.07) is 4.72. The molecule has 2 aromatic rings. The van der Waals surface area contributed by atoms with E-state index in [0.717, 1.165) is 24.5 Å². The van der Waals surface area contributed by atoms with Crippen LogP contribution in [0.3, 0.4) is 0 Å². The van der Waals surface area contributed by atoms with Gasteiger partial charge in [-0.2, -0.15) is 0 Å². The minimum absolute atomic E-state index is 0.0870. The van der Waals surface area contributed by atoms with Crippen molar-refractivity contribution < 1.29 is 14.5 Å². The number of nitrogens with zero attached hydrogens (tertiary/aromatic N) is 6. The Morgan fingerprint density at radius 3 is 2.58 bits per heavy atom. The van der Waals surface area contributed by atoms with Crippen molar-refractivity contribution in [1.29, 1.82) is 0 Å². The normalized spacial score (nSPS) is 17.4. The van der Waals surface area contributed by atoms with Crippen LogP contribution in [0.15, 0.2) is 18.2 Å². The number of nitrogens with one attached hydrogen (secondary N) is 1. The van der Waals surface area contributed by atoms with E-state index < -0.39 is 4.92 Å². The summed E-state index contributed by atoms with van der Waals surface area (Å²) < 4.78 is 3.84. The lowest BCUT2D eigenvalue weighted by molar-refractivity contribution is -0.384. The van der Waals surface area contributed by atoms with Gasteiger partial charge in [0.25, 0.3) is 17.5 Å². The summed E-state index contributed by atoms with van der Waals surface area (Å²) in [6.07, 6.45) is 1.53. The van der Waals surface area contributed by atoms with E-state index in [9.17, 15) is 19.7 Å². The van der Waals surface area contributed by atoms with Gasteiger partial charge in [-0.1, -0.05) is 4.49 Å². The predicted molar refractivity (Wildman–Crippen MR) is 124 cm³/mol. The fraction of sp³-hybridized carbons (Fsp3) is 0.524. The Morgan fingerprint density at radius 2 is 1.82 bits per heavy atom. The van der Waals surface area contributed by atoms with Crippen molar-refractivity contribution in [3.8, 4) is 0 Å². The van der Waals surface area contributed by atoms with Crippen LogP contribution in [0, 0.1) is 17.0 Å². The van der Waals surface area contributed by atoms with Gasteiger partial charge >= 0.3 is 0 Å². The summed E-state index contributed by atoms with van der Waals surface area (Å²) in [5.74, 6) is -0.291. The molecule has 0 unspecified atom stereocenters. The first-order chi connectivity index (χ1) is 16.0. The van der Waals surface area contributed by atoms with Crippen LogP contribution in [0.25, 0.3) is 0 Å². The van der Waals surface area contributed by atoms with E-state index in [0.29, 0.717) is 74.1 Å². The van der Waals surface area contributed by atoms with Crippen LogP contribution < -0.4 is 10.2 Å². The molecule has 11 nitrogen and oxygen atoms in total. The number of carbonyl (C=O) groups excluding carboxylic acids is 2. The lowest BCUT2D eigenvalue weighted by Gasteiger charge is -2.24. The lowest BCUT2D eigenvalue weighted by atomic mass is 10.1. The first-order valence-corrected chi connectivity index (χ1v) is 11.8. The number of nitro benzene ring substituents is 1. The average molecular weight is 474 g/mol. The standard InChI is InChI=1S/C21H27N7O4S/c1-15-19(33-24-23-15)21(30)27-10-3-9-25(12-13-27)17-5-4-16(14-18(17)28(31)32)20(29)26-8-2-6-22-7-11-26/h4-5,14,22H,2-3,6-13H2,1H3. The lowest BCUT2D eigenvalue weighted by Crippen LogP contribution is -2.35. The van der Waals surface area contributed by atoms with Gasteiger partial charge in [0, 0.05) is 57.4 Å². The maximum Gasteiger partial charge on any atom is 0.293 e. The number of aromatic nitrogens is 2. The molecule has 1 aromatic carbocycles. The smallest absolute Gasteiger partial charge is 0.293 e. The van der Waals surface area contributed by atoms with Crippen LogP contribution in [0.1, 0.15) is 38.6 Å². The average Bonchev–Trinajstić information content (AvgIpc) is 3.02. The zero-order valence-electron chi connectivity index (χ0n) is 18.5. The SMILES string of the molecule is Cc1nnsc1C(=O)N1CCCN(c2ccc(C(=O)N3CCCNCC3)cc2[N+](=O)[O-])CC1. The Hall–Kier alpha value is -3.12. The number of carbonyl (C=O) groups is 2. The van der Waals surface area contributed by atoms with Crippen molar-refractivity contribution in [2.45, 2.75) is 19.8 Å². The molecule has 2 fully saturated rings. The molecule has 2 aliphatic heterocycles. The summed E-state index contributed by atoms with van der Waals surface area (Å²) in [5.41, 5.74) is 1.32. The molecule has 2 amide bonds. The van der Waals surface area contributed by atoms with Crippen molar-refractivity contribution in [3.63, 3.8) is 0 Å². The van der Waals surface area contributed by atoms with Crippen LogP contribution in [-0.4, -0.2) is 88.5 Å². The molecule has 2 saturated heterocycles. The van der Waals surface area contributed by atoms with Gasteiger partial charge in [-0.05, 0) is 50.0 Å². The highest BCUT2D eigenvalue weighted by molar-refractivity contribution is 7.07. The molecular weight excluding hydrogens is 446 g/mol. The Bertz CT molecular complexity index is 1040. The monoisotopic (exact) mass is 473 g/mol. The van der Waals surface area contributed by atoms with Gasteiger partial charge in [0.15, 0.2) is 0 Å². The second kappa shape index (κ2) is 10.2. The van der Waals surface area contributed by atoms with Crippen molar-refractivity contribution in [3.05, 3.63) is 44.4 Å². The molecule has 3 heterocycles. The van der Waals surface area contributed by atoms with Crippen molar-refractivity contribution >= 4 is 34.7 Å². The van der Waals surface area contributed by atoms with Gasteiger partial charge in [-0.15, -0.1) is 5.10 Å². The Morgan fingerprint density at radius 1 is 1.03 bits per heavy atom. The molecule has 1 N–H and O–H groups in total. The zero-order chi connectivity index (χ0) is 23.4. The molecular formula is C21H27N7O4S. The van der Waals surface area contributed by atoms with Crippen molar-refractivity contribution in [2.24, 2.45) is 0 Å². The summed E-state index contributed by atoms with van der Waals surface area (Å²) in [7, 11) is 0. The number of anilines is 1. The van der Waals surface area contributed by atoms with Gasteiger partial charge in [0.2, 0.25) is 0 Å². The second-order valence-corrected chi connectivity index (χ2v) is 8.93. The molecule has 1 aromatic heterocycles. The molecule has 2 aliphatic rings. The van der Waals surface area contributed by atoms with Gasteiger partial charge in [0.05, 0.1) is 10.6 Å². The fourth-order valence-electron chi connectivity index (χ4n) is 4.23. The Labute approximate surface area is 195 Å². The van der Waals surface area contributed by atoms with Crippen LogP contribution >= 0.6 is 11.5 Å². The van der Waals surface area contributed by atoms with E-state index in [1.807, 2.05) is 4.90 Å².